The maximum Gasteiger partial charge on any atom is 0.392 e. The highest BCUT2D eigenvalue weighted by Crippen LogP contribution is 2.31. The quantitative estimate of drug-likeness (QED) is 0.464. The molecular weight excluding hydrogens is 327 g/mol. The number of hydrogen-bond donors (Lipinski definition) is 2. The smallest absolute Gasteiger partial charge is 0.392 e. The Morgan fingerprint density at radius 2 is 2.17 bits per heavy atom. The number of methoxy groups -OCH3 is 1. The summed E-state index contributed by atoms with van der Waals surface area (Å²) in [5.41, 5.74) is 1.89. The molecule has 2 unspecified atom stereocenters. The molecule has 0 aliphatic carbocycles. The van der Waals surface area contributed by atoms with E-state index in [1.807, 2.05) is 30.3 Å². The van der Waals surface area contributed by atoms with E-state index in [1.54, 1.807) is 0 Å². The Balaban J connectivity index is 2.02. The first-order valence-electron chi connectivity index (χ1n) is 7.65. The van der Waals surface area contributed by atoms with Gasteiger partial charge in [0.1, 0.15) is 6.04 Å². The maximum atomic E-state index is 12.3. The zero-order valence-electron chi connectivity index (χ0n) is 13.6. The largest absolute Gasteiger partial charge is 0.468 e. The van der Waals surface area contributed by atoms with E-state index in [0.717, 1.165) is 24.1 Å². The van der Waals surface area contributed by atoms with Crippen molar-refractivity contribution >= 4 is 30.4 Å². The lowest BCUT2D eigenvalue weighted by molar-refractivity contribution is -0.147. The average molecular weight is 348 g/mol. The fraction of sp³-hybridized carbons (Fsp3) is 0.375. The number of carbonyl (C=O) groups excluding carboxylic acids is 1. The van der Waals surface area contributed by atoms with Crippen molar-refractivity contribution in [1.29, 1.82) is 0 Å². The molecule has 0 spiro atoms. The molecule has 0 bridgehead atoms. The van der Waals surface area contributed by atoms with E-state index in [0.29, 0.717) is 13.2 Å². The predicted molar refractivity (Wildman–Crippen MR) is 96.2 cm³/mol. The number of piperidine rings is 1. The van der Waals surface area contributed by atoms with E-state index < -0.39 is 12.1 Å². The van der Waals surface area contributed by atoms with Gasteiger partial charge < -0.3 is 15.1 Å². The Bertz CT molecular complexity index is 599. The van der Waals surface area contributed by atoms with Gasteiger partial charge in [0.05, 0.1) is 7.11 Å². The zero-order valence-corrected chi connectivity index (χ0v) is 14.4. The second-order valence-corrected chi connectivity index (χ2v) is 6.73. The summed E-state index contributed by atoms with van der Waals surface area (Å²) < 4.78 is 4.98. The summed E-state index contributed by atoms with van der Waals surface area (Å²) in [5, 5.41) is 11.2. The SMILES string of the molecule is C=C1CN(C(C(=O)OC)c2ccccc2)CCC1SBNC(=O)O. The Morgan fingerprint density at radius 3 is 2.75 bits per heavy atom. The van der Waals surface area contributed by atoms with Crippen molar-refractivity contribution in [1.82, 2.24) is 10.1 Å². The topological polar surface area (TPSA) is 78.9 Å². The number of hydrogen-bond acceptors (Lipinski definition) is 5. The summed E-state index contributed by atoms with van der Waals surface area (Å²) in [7, 11) is 1.40. The molecule has 24 heavy (non-hydrogen) atoms. The molecule has 6 nitrogen and oxygen atoms in total. The summed E-state index contributed by atoms with van der Waals surface area (Å²) in [6.45, 7) is 5.75. The number of carboxylic acid groups (broad SMARTS) is 1. The highest BCUT2D eigenvalue weighted by molar-refractivity contribution is 8.22. The molecule has 1 aromatic rings. The fourth-order valence-corrected chi connectivity index (χ4v) is 3.79. The van der Waals surface area contributed by atoms with E-state index in [-0.39, 0.29) is 11.2 Å². The third-order valence-corrected chi connectivity index (χ3v) is 5.24. The highest BCUT2D eigenvalue weighted by Gasteiger charge is 2.33. The van der Waals surface area contributed by atoms with Gasteiger partial charge in [0.2, 0.25) is 0 Å². The van der Waals surface area contributed by atoms with Crippen LogP contribution in [0, 0.1) is 0 Å². The summed E-state index contributed by atoms with van der Waals surface area (Å²) in [6, 6.07) is 9.11. The number of nitrogens with zero attached hydrogens (tertiary/aromatic N) is 1. The van der Waals surface area contributed by atoms with Crippen LogP contribution in [0.1, 0.15) is 18.0 Å². The lowest BCUT2D eigenvalue weighted by atomic mass is 9.99. The third-order valence-electron chi connectivity index (χ3n) is 3.95. The third kappa shape index (κ3) is 4.78. The minimum Gasteiger partial charge on any atom is -0.468 e. The molecule has 8 heteroatoms. The van der Waals surface area contributed by atoms with Crippen LogP contribution in [0.25, 0.3) is 0 Å². The van der Waals surface area contributed by atoms with Gasteiger partial charge in [-0.05, 0) is 12.0 Å². The number of nitrogens with one attached hydrogen (secondary N) is 1. The van der Waals surface area contributed by atoms with E-state index in [2.05, 4.69) is 16.7 Å². The lowest BCUT2D eigenvalue weighted by Gasteiger charge is -2.37. The first-order valence-corrected chi connectivity index (χ1v) is 8.70. The molecule has 1 aliphatic heterocycles. The Kier molecular flexibility index (Phi) is 6.75. The molecule has 0 radical (unpaired) electrons. The molecule has 1 fully saturated rings. The van der Waals surface area contributed by atoms with Crippen LogP contribution >= 0.6 is 11.6 Å². The van der Waals surface area contributed by atoms with Gasteiger partial charge in [-0.25, -0.2) is 9.59 Å². The molecule has 1 saturated heterocycles. The number of benzene rings is 1. The summed E-state index contributed by atoms with van der Waals surface area (Å²) in [4.78, 5) is 24.9. The van der Waals surface area contributed by atoms with Crippen LogP contribution in [0.5, 0.6) is 0 Å². The standard InChI is InChI=1S/C16H21BN2O4S/c1-11-10-19(9-8-13(11)24-17-18-16(21)22)14(15(20)23-2)12-6-4-3-5-7-12/h3-7,13-14,17-18H,1,8-10H2,2H3,(H,21,22). The van der Waals surface area contributed by atoms with Crippen LogP contribution in [-0.2, 0) is 9.53 Å². The van der Waals surface area contributed by atoms with Crippen LogP contribution in [0.2, 0.25) is 0 Å². The van der Waals surface area contributed by atoms with Gasteiger partial charge in [-0.1, -0.05) is 42.5 Å². The van der Waals surface area contributed by atoms with Crippen molar-refractivity contribution in [3.05, 3.63) is 48.0 Å². The first kappa shape index (κ1) is 18.4. The van der Waals surface area contributed by atoms with Crippen molar-refractivity contribution in [2.24, 2.45) is 0 Å². The lowest BCUT2D eigenvalue weighted by Crippen LogP contribution is -2.43. The van der Waals surface area contributed by atoms with Crippen molar-refractivity contribution in [2.45, 2.75) is 17.7 Å². The molecule has 0 aromatic heterocycles. The van der Waals surface area contributed by atoms with Crippen LogP contribution < -0.4 is 5.23 Å². The second-order valence-electron chi connectivity index (χ2n) is 5.54. The Labute approximate surface area is 146 Å². The van der Waals surface area contributed by atoms with E-state index >= 15 is 0 Å². The Morgan fingerprint density at radius 1 is 1.46 bits per heavy atom. The normalized spacial score (nSPS) is 19.4. The van der Waals surface area contributed by atoms with E-state index in [1.165, 1.54) is 18.7 Å². The number of carbonyl (C=O) groups is 2. The predicted octanol–water partition coefficient (Wildman–Crippen LogP) is 1.80. The van der Waals surface area contributed by atoms with Gasteiger partial charge in [-0.2, -0.15) is 11.6 Å². The van der Waals surface area contributed by atoms with Crippen LogP contribution in [0.3, 0.4) is 0 Å². The number of amides is 1. The molecular formula is C16H21BN2O4S. The minimum absolute atomic E-state index is 0.183. The first-order chi connectivity index (χ1) is 11.5. The van der Waals surface area contributed by atoms with Gasteiger partial charge in [0.15, 0.2) is 0 Å². The van der Waals surface area contributed by atoms with Gasteiger partial charge in [0, 0.05) is 18.3 Å². The van der Waals surface area contributed by atoms with E-state index in [4.69, 9.17) is 9.84 Å². The summed E-state index contributed by atoms with van der Waals surface area (Å²) in [5.74, 6) is -0.285. The highest BCUT2D eigenvalue weighted by atomic mass is 32.2. The maximum absolute atomic E-state index is 12.3. The average Bonchev–Trinajstić information content (AvgIpc) is 2.57. The molecule has 1 aliphatic rings. The number of rotatable bonds is 6. The molecule has 2 rings (SSSR count). The van der Waals surface area contributed by atoms with Crippen molar-refractivity contribution in [2.75, 3.05) is 20.2 Å². The number of ether oxygens (including phenoxy) is 1. The van der Waals surface area contributed by atoms with Crippen molar-refractivity contribution < 1.29 is 19.4 Å². The molecule has 2 N–H and O–H groups in total. The van der Waals surface area contributed by atoms with Crippen molar-refractivity contribution in [3.63, 3.8) is 0 Å². The van der Waals surface area contributed by atoms with Crippen molar-refractivity contribution in [3.8, 4) is 0 Å². The van der Waals surface area contributed by atoms with Crippen LogP contribution in [-0.4, -0.2) is 54.2 Å². The minimum atomic E-state index is -1.03. The summed E-state index contributed by atoms with van der Waals surface area (Å²) in [6.07, 6.45) is -0.217. The van der Waals surface area contributed by atoms with Crippen LogP contribution in [0.4, 0.5) is 4.79 Å². The molecule has 0 saturated carbocycles. The monoisotopic (exact) mass is 348 g/mol. The second kappa shape index (κ2) is 8.80. The fourth-order valence-electron chi connectivity index (χ4n) is 2.80. The molecule has 2 atom stereocenters. The molecule has 128 valence electrons. The zero-order chi connectivity index (χ0) is 17.5. The van der Waals surface area contributed by atoms with Gasteiger partial charge in [-0.3, -0.25) is 4.90 Å². The molecule has 1 aromatic carbocycles. The van der Waals surface area contributed by atoms with Gasteiger partial charge >= 0.3 is 18.8 Å². The van der Waals surface area contributed by atoms with E-state index in [9.17, 15) is 9.59 Å². The van der Waals surface area contributed by atoms with Crippen LogP contribution in [0.15, 0.2) is 42.5 Å². The number of likely N-dealkylation sites (tertiary alicyclic amines) is 1. The molecule has 1 heterocycles. The van der Waals surface area contributed by atoms with Gasteiger partial charge in [0.25, 0.3) is 0 Å². The Hall–Kier alpha value is -1.93. The summed E-state index contributed by atoms with van der Waals surface area (Å²) >= 11 is 1.52. The van der Waals surface area contributed by atoms with Gasteiger partial charge in [-0.15, -0.1) is 0 Å². The molecule has 1 amide bonds. The number of esters is 1.